The summed E-state index contributed by atoms with van der Waals surface area (Å²) >= 11 is 1.54. The second kappa shape index (κ2) is 6.62. The van der Waals surface area contributed by atoms with Gasteiger partial charge in [0.2, 0.25) is 5.91 Å². The van der Waals surface area contributed by atoms with E-state index in [9.17, 15) is 13.2 Å². The van der Waals surface area contributed by atoms with E-state index in [1.165, 1.54) is 17.3 Å². The van der Waals surface area contributed by atoms with E-state index in [0.717, 1.165) is 10.5 Å². The highest BCUT2D eigenvalue weighted by Gasteiger charge is 2.34. The zero-order valence-electron chi connectivity index (χ0n) is 13.5. The fourth-order valence-corrected chi connectivity index (χ4v) is 5.55. The molecule has 1 saturated heterocycles. The van der Waals surface area contributed by atoms with E-state index in [4.69, 9.17) is 0 Å². The summed E-state index contributed by atoms with van der Waals surface area (Å²) in [6.45, 7) is 5.95. The maximum atomic E-state index is 12.6. The van der Waals surface area contributed by atoms with Gasteiger partial charge in [-0.2, -0.15) is 0 Å². The third kappa shape index (κ3) is 4.04. The summed E-state index contributed by atoms with van der Waals surface area (Å²) in [7, 11) is -1.26. The SMILES string of the molecule is Cc1ccc(C)c(SC(C)C(=O)N(C)C2CCS(=O)(=O)C2)c1. The number of hydrogen-bond donors (Lipinski definition) is 0. The second-order valence-corrected chi connectivity index (χ2v) is 9.65. The quantitative estimate of drug-likeness (QED) is 0.789. The van der Waals surface area contributed by atoms with Crippen LogP contribution in [0, 0.1) is 13.8 Å². The molecule has 2 rings (SSSR count). The van der Waals surface area contributed by atoms with Gasteiger partial charge in [-0.15, -0.1) is 11.8 Å². The maximum absolute atomic E-state index is 12.6. The lowest BCUT2D eigenvalue weighted by Crippen LogP contribution is -2.41. The van der Waals surface area contributed by atoms with Crippen molar-refractivity contribution in [3.63, 3.8) is 0 Å². The molecule has 0 radical (unpaired) electrons. The van der Waals surface area contributed by atoms with E-state index in [1.54, 1.807) is 11.9 Å². The van der Waals surface area contributed by atoms with Gasteiger partial charge in [0.1, 0.15) is 0 Å². The Morgan fingerprint density at radius 1 is 1.36 bits per heavy atom. The molecule has 0 aliphatic carbocycles. The minimum atomic E-state index is -2.97. The van der Waals surface area contributed by atoms with Crippen molar-refractivity contribution in [1.82, 2.24) is 4.90 Å². The van der Waals surface area contributed by atoms with E-state index >= 15 is 0 Å². The molecule has 122 valence electrons. The number of rotatable bonds is 4. The Balaban J connectivity index is 2.04. The number of nitrogens with zero attached hydrogens (tertiary/aromatic N) is 1. The predicted molar refractivity (Wildman–Crippen MR) is 91.1 cm³/mol. The van der Waals surface area contributed by atoms with Crippen LogP contribution in [-0.2, 0) is 14.6 Å². The van der Waals surface area contributed by atoms with Gasteiger partial charge in [0, 0.05) is 18.0 Å². The van der Waals surface area contributed by atoms with Gasteiger partial charge in [0.05, 0.1) is 16.8 Å². The number of benzene rings is 1. The Labute approximate surface area is 137 Å². The van der Waals surface area contributed by atoms with Crippen LogP contribution in [0.3, 0.4) is 0 Å². The molecule has 1 aromatic carbocycles. The summed E-state index contributed by atoms with van der Waals surface area (Å²) in [6, 6.07) is 6.02. The van der Waals surface area contributed by atoms with Crippen molar-refractivity contribution in [2.24, 2.45) is 0 Å². The fourth-order valence-electron chi connectivity index (χ4n) is 2.62. The van der Waals surface area contributed by atoms with E-state index < -0.39 is 9.84 Å². The van der Waals surface area contributed by atoms with Crippen molar-refractivity contribution in [3.8, 4) is 0 Å². The summed E-state index contributed by atoms with van der Waals surface area (Å²) in [5.74, 6) is 0.275. The first-order chi connectivity index (χ1) is 10.2. The zero-order chi connectivity index (χ0) is 16.5. The van der Waals surface area contributed by atoms with Crippen LogP contribution in [0.25, 0.3) is 0 Å². The molecule has 22 heavy (non-hydrogen) atoms. The largest absolute Gasteiger partial charge is 0.341 e. The van der Waals surface area contributed by atoms with Crippen molar-refractivity contribution in [1.29, 1.82) is 0 Å². The standard InChI is InChI=1S/C16H23NO3S2/c1-11-5-6-12(2)15(9-11)21-13(3)16(18)17(4)14-7-8-22(19,20)10-14/h5-6,9,13-14H,7-8,10H2,1-4H3. The Hall–Kier alpha value is -1.01. The number of hydrogen-bond acceptors (Lipinski definition) is 4. The third-order valence-corrected chi connectivity index (χ3v) is 7.10. The van der Waals surface area contributed by atoms with Gasteiger partial charge in [0.15, 0.2) is 9.84 Å². The molecule has 1 fully saturated rings. The van der Waals surface area contributed by atoms with Gasteiger partial charge >= 0.3 is 0 Å². The minimum absolute atomic E-state index is 0.00648. The van der Waals surface area contributed by atoms with Crippen LogP contribution in [0.2, 0.25) is 0 Å². The molecule has 0 bridgehead atoms. The van der Waals surface area contributed by atoms with E-state index in [-0.39, 0.29) is 28.7 Å². The molecule has 1 amide bonds. The van der Waals surface area contributed by atoms with Crippen molar-refractivity contribution >= 4 is 27.5 Å². The lowest BCUT2D eigenvalue weighted by Gasteiger charge is -2.26. The first-order valence-corrected chi connectivity index (χ1v) is 10.1. The minimum Gasteiger partial charge on any atom is -0.341 e. The van der Waals surface area contributed by atoms with Crippen molar-refractivity contribution in [2.45, 2.75) is 43.4 Å². The topological polar surface area (TPSA) is 54.5 Å². The highest BCUT2D eigenvalue weighted by molar-refractivity contribution is 8.00. The van der Waals surface area contributed by atoms with Crippen LogP contribution in [0.15, 0.2) is 23.1 Å². The molecular formula is C16H23NO3S2. The molecule has 0 N–H and O–H groups in total. The molecule has 1 aromatic rings. The lowest BCUT2D eigenvalue weighted by molar-refractivity contribution is -0.130. The number of carbonyl (C=O) groups excluding carboxylic acids is 1. The van der Waals surface area contributed by atoms with Crippen molar-refractivity contribution in [3.05, 3.63) is 29.3 Å². The van der Waals surface area contributed by atoms with E-state index in [2.05, 4.69) is 18.2 Å². The molecule has 0 spiro atoms. The zero-order valence-corrected chi connectivity index (χ0v) is 15.1. The van der Waals surface area contributed by atoms with Crippen LogP contribution >= 0.6 is 11.8 Å². The van der Waals surface area contributed by atoms with Crippen molar-refractivity contribution in [2.75, 3.05) is 18.6 Å². The molecule has 6 heteroatoms. The molecule has 4 nitrogen and oxygen atoms in total. The van der Waals surface area contributed by atoms with Crippen LogP contribution in [0.4, 0.5) is 0 Å². The van der Waals surface area contributed by atoms with Gasteiger partial charge in [-0.3, -0.25) is 4.79 Å². The number of thioether (sulfide) groups is 1. The fraction of sp³-hybridized carbons (Fsp3) is 0.562. The van der Waals surface area contributed by atoms with Gasteiger partial charge < -0.3 is 4.90 Å². The smallest absolute Gasteiger partial charge is 0.235 e. The molecule has 1 aliphatic rings. The van der Waals surface area contributed by atoms with Crippen LogP contribution < -0.4 is 0 Å². The van der Waals surface area contributed by atoms with Crippen LogP contribution in [0.1, 0.15) is 24.5 Å². The average Bonchev–Trinajstić information content (AvgIpc) is 2.81. The van der Waals surface area contributed by atoms with E-state index in [1.807, 2.05) is 20.8 Å². The molecule has 2 atom stereocenters. The third-order valence-electron chi connectivity index (χ3n) is 4.10. The van der Waals surface area contributed by atoms with Gasteiger partial charge in [-0.1, -0.05) is 17.7 Å². The summed E-state index contributed by atoms with van der Waals surface area (Å²) in [5.41, 5.74) is 2.32. The van der Waals surface area contributed by atoms with Crippen LogP contribution in [-0.4, -0.2) is 49.1 Å². The number of amides is 1. The maximum Gasteiger partial charge on any atom is 0.235 e. The monoisotopic (exact) mass is 341 g/mol. The second-order valence-electron chi connectivity index (χ2n) is 6.04. The van der Waals surface area contributed by atoms with Gasteiger partial charge in [-0.05, 0) is 38.8 Å². The molecule has 0 saturated carbocycles. The Morgan fingerprint density at radius 2 is 2.05 bits per heavy atom. The van der Waals surface area contributed by atoms with Crippen LogP contribution in [0.5, 0.6) is 0 Å². The van der Waals surface area contributed by atoms with Gasteiger partial charge in [-0.25, -0.2) is 8.42 Å². The predicted octanol–water partition coefficient (Wildman–Crippen LogP) is 2.43. The molecule has 1 aliphatic heterocycles. The highest BCUT2D eigenvalue weighted by Crippen LogP contribution is 2.29. The first kappa shape index (κ1) is 17.3. The van der Waals surface area contributed by atoms with Crippen molar-refractivity contribution < 1.29 is 13.2 Å². The van der Waals surface area contributed by atoms with E-state index in [0.29, 0.717) is 6.42 Å². The normalized spacial score (nSPS) is 21.5. The Bertz CT molecular complexity index is 670. The Kier molecular flexibility index (Phi) is 5.22. The lowest BCUT2D eigenvalue weighted by atomic mass is 10.2. The summed E-state index contributed by atoms with van der Waals surface area (Å²) < 4.78 is 23.1. The highest BCUT2D eigenvalue weighted by atomic mass is 32.2. The number of aryl methyl sites for hydroxylation is 2. The summed E-state index contributed by atoms with van der Waals surface area (Å²) in [5, 5.41) is -0.228. The average molecular weight is 341 g/mol. The summed E-state index contributed by atoms with van der Waals surface area (Å²) in [6.07, 6.45) is 0.547. The summed E-state index contributed by atoms with van der Waals surface area (Å²) in [4.78, 5) is 15.3. The number of carbonyl (C=O) groups is 1. The molecule has 1 heterocycles. The number of sulfone groups is 1. The molecule has 0 aromatic heterocycles. The van der Waals surface area contributed by atoms with Gasteiger partial charge in [0.25, 0.3) is 0 Å². The Morgan fingerprint density at radius 3 is 2.64 bits per heavy atom. The molecule has 2 unspecified atom stereocenters. The molecular weight excluding hydrogens is 318 g/mol. The first-order valence-electron chi connectivity index (χ1n) is 7.40.